The van der Waals surface area contributed by atoms with Gasteiger partial charge < -0.3 is 10.6 Å². The summed E-state index contributed by atoms with van der Waals surface area (Å²) in [4.78, 5) is 8.63. The Morgan fingerprint density at radius 1 is 1.39 bits per heavy atom. The monoisotopic (exact) mass is 267 g/mol. The third kappa shape index (κ3) is 3.04. The highest BCUT2D eigenvalue weighted by Crippen LogP contribution is 2.31. The van der Waals surface area contributed by atoms with Crippen LogP contribution in [0.3, 0.4) is 0 Å². The molecule has 1 fully saturated rings. The Morgan fingerprint density at radius 3 is 2.94 bits per heavy atom. The molecule has 102 valence electrons. The number of hydrogen-bond donors (Lipinski definition) is 1. The van der Waals surface area contributed by atoms with E-state index in [-0.39, 0.29) is 0 Å². The number of thiazole rings is 1. The SMILES string of the molecule is CCCc1nc(N2CCCCCC2C)sc1CN. The van der Waals surface area contributed by atoms with Gasteiger partial charge in [0.1, 0.15) is 0 Å². The van der Waals surface area contributed by atoms with Crippen molar-refractivity contribution < 1.29 is 0 Å². The van der Waals surface area contributed by atoms with Crippen LogP contribution < -0.4 is 10.6 Å². The van der Waals surface area contributed by atoms with Gasteiger partial charge in [-0.15, -0.1) is 11.3 Å². The Bertz CT molecular complexity index is 375. The summed E-state index contributed by atoms with van der Waals surface area (Å²) < 4.78 is 0. The standard InChI is InChI=1S/C14H25N3S/c1-3-7-12-13(10-15)18-14(16-12)17-9-6-4-5-8-11(17)2/h11H,3-10,15H2,1-2H3. The molecule has 0 radical (unpaired) electrons. The second-order valence-corrected chi connectivity index (χ2v) is 6.27. The Hall–Kier alpha value is -0.610. The lowest BCUT2D eigenvalue weighted by atomic mass is 10.1. The van der Waals surface area contributed by atoms with E-state index in [1.807, 2.05) is 11.3 Å². The van der Waals surface area contributed by atoms with Crippen molar-refractivity contribution in [1.82, 2.24) is 4.98 Å². The summed E-state index contributed by atoms with van der Waals surface area (Å²) in [7, 11) is 0. The van der Waals surface area contributed by atoms with Crippen molar-refractivity contribution in [2.75, 3.05) is 11.4 Å². The van der Waals surface area contributed by atoms with E-state index in [1.54, 1.807) is 0 Å². The predicted molar refractivity (Wildman–Crippen MR) is 79.3 cm³/mol. The smallest absolute Gasteiger partial charge is 0.186 e. The first-order valence-corrected chi connectivity index (χ1v) is 8.03. The number of nitrogens with zero attached hydrogens (tertiary/aromatic N) is 2. The molecule has 1 aromatic heterocycles. The van der Waals surface area contributed by atoms with Gasteiger partial charge in [0.25, 0.3) is 0 Å². The number of nitrogens with two attached hydrogens (primary N) is 1. The lowest BCUT2D eigenvalue weighted by Crippen LogP contribution is -2.32. The summed E-state index contributed by atoms with van der Waals surface area (Å²) in [5.74, 6) is 0. The molecule has 1 aliphatic heterocycles. The number of anilines is 1. The predicted octanol–water partition coefficient (Wildman–Crippen LogP) is 3.32. The highest BCUT2D eigenvalue weighted by molar-refractivity contribution is 7.15. The third-order valence-corrected chi connectivity index (χ3v) is 4.89. The molecule has 3 nitrogen and oxygen atoms in total. The topological polar surface area (TPSA) is 42.2 Å². The van der Waals surface area contributed by atoms with Gasteiger partial charge >= 0.3 is 0 Å². The minimum Gasteiger partial charge on any atom is -0.345 e. The molecule has 18 heavy (non-hydrogen) atoms. The molecule has 2 heterocycles. The van der Waals surface area contributed by atoms with E-state index in [9.17, 15) is 0 Å². The fraction of sp³-hybridized carbons (Fsp3) is 0.786. The maximum absolute atomic E-state index is 5.84. The van der Waals surface area contributed by atoms with Crippen molar-refractivity contribution in [1.29, 1.82) is 0 Å². The highest BCUT2D eigenvalue weighted by atomic mass is 32.1. The molecule has 1 aromatic rings. The molecule has 0 aromatic carbocycles. The van der Waals surface area contributed by atoms with Gasteiger partial charge in [-0.1, -0.05) is 26.2 Å². The third-order valence-electron chi connectivity index (χ3n) is 3.74. The molecule has 0 spiro atoms. The molecule has 1 saturated heterocycles. The van der Waals surface area contributed by atoms with E-state index in [2.05, 4.69) is 18.7 Å². The fourth-order valence-corrected chi connectivity index (χ4v) is 3.76. The number of hydrogen-bond acceptors (Lipinski definition) is 4. The van der Waals surface area contributed by atoms with Crippen LogP contribution >= 0.6 is 11.3 Å². The summed E-state index contributed by atoms with van der Waals surface area (Å²) in [6.07, 6.45) is 7.51. The van der Waals surface area contributed by atoms with Gasteiger partial charge in [0.2, 0.25) is 0 Å². The quantitative estimate of drug-likeness (QED) is 0.910. The van der Waals surface area contributed by atoms with Crippen molar-refractivity contribution in [2.45, 2.75) is 65.0 Å². The van der Waals surface area contributed by atoms with E-state index >= 15 is 0 Å². The summed E-state index contributed by atoms with van der Waals surface area (Å²) >= 11 is 1.81. The van der Waals surface area contributed by atoms with Crippen molar-refractivity contribution in [3.63, 3.8) is 0 Å². The molecule has 0 saturated carbocycles. The van der Waals surface area contributed by atoms with E-state index in [4.69, 9.17) is 10.7 Å². The minimum atomic E-state index is 0.624. The fourth-order valence-electron chi connectivity index (χ4n) is 2.64. The molecule has 0 aliphatic carbocycles. The van der Waals surface area contributed by atoms with Gasteiger partial charge in [0.15, 0.2) is 5.13 Å². The zero-order valence-corrected chi connectivity index (χ0v) is 12.4. The first-order valence-electron chi connectivity index (χ1n) is 7.21. The van der Waals surface area contributed by atoms with Gasteiger partial charge in [-0.05, 0) is 26.2 Å². The van der Waals surface area contributed by atoms with Crippen LogP contribution in [0.2, 0.25) is 0 Å². The van der Waals surface area contributed by atoms with Crippen molar-refractivity contribution in [3.05, 3.63) is 10.6 Å². The minimum absolute atomic E-state index is 0.624. The summed E-state index contributed by atoms with van der Waals surface area (Å²) in [5.41, 5.74) is 7.07. The van der Waals surface area contributed by atoms with Crippen molar-refractivity contribution in [3.8, 4) is 0 Å². The Labute approximate surface area is 114 Å². The van der Waals surface area contributed by atoms with Crippen LogP contribution in [0.15, 0.2) is 0 Å². The average Bonchev–Trinajstić information content (AvgIpc) is 2.64. The first kappa shape index (κ1) is 13.8. The Kier molecular flexibility index (Phi) is 5.01. The lowest BCUT2D eigenvalue weighted by Gasteiger charge is -2.26. The van der Waals surface area contributed by atoms with Crippen molar-refractivity contribution >= 4 is 16.5 Å². The summed E-state index contributed by atoms with van der Waals surface area (Å²) in [6, 6.07) is 0.624. The maximum atomic E-state index is 5.84. The van der Waals surface area contributed by atoms with Crippen LogP contribution in [0.5, 0.6) is 0 Å². The van der Waals surface area contributed by atoms with Gasteiger partial charge in [-0.25, -0.2) is 4.98 Å². The molecule has 2 N–H and O–H groups in total. The maximum Gasteiger partial charge on any atom is 0.186 e. The van der Waals surface area contributed by atoms with Crippen LogP contribution in [-0.4, -0.2) is 17.6 Å². The van der Waals surface area contributed by atoms with Crippen LogP contribution in [0.4, 0.5) is 5.13 Å². The van der Waals surface area contributed by atoms with Gasteiger partial charge in [-0.2, -0.15) is 0 Å². The second-order valence-electron chi connectivity index (χ2n) is 5.21. The van der Waals surface area contributed by atoms with E-state index < -0.39 is 0 Å². The van der Waals surface area contributed by atoms with Crippen LogP contribution in [0, 0.1) is 0 Å². The van der Waals surface area contributed by atoms with E-state index in [0.29, 0.717) is 12.6 Å². The molecular weight excluding hydrogens is 242 g/mol. The number of aryl methyl sites for hydroxylation is 1. The molecule has 0 bridgehead atoms. The first-order chi connectivity index (χ1) is 8.76. The average molecular weight is 267 g/mol. The Morgan fingerprint density at radius 2 is 2.22 bits per heavy atom. The Balaban J connectivity index is 2.20. The number of rotatable bonds is 4. The zero-order chi connectivity index (χ0) is 13.0. The van der Waals surface area contributed by atoms with Crippen LogP contribution in [-0.2, 0) is 13.0 Å². The lowest BCUT2D eigenvalue weighted by molar-refractivity contribution is 0.614. The largest absolute Gasteiger partial charge is 0.345 e. The van der Waals surface area contributed by atoms with Gasteiger partial charge in [-0.3, -0.25) is 0 Å². The summed E-state index contributed by atoms with van der Waals surface area (Å²) in [6.45, 7) is 6.32. The molecule has 1 atom stereocenters. The highest BCUT2D eigenvalue weighted by Gasteiger charge is 2.21. The molecule has 1 aliphatic rings. The zero-order valence-electron chi connectivity index (χ0n) is 11.6. The molecule has 2 rings (SSSR count). The molecule has 4 heteroatoms. The molecular formula is C14H25N3S. The van der Waals surface area contributed by atoms with E-state index in [0.717, 1.165) is 19.4 Å². The van der Waals surface area contributed by atoms with Crippen molar-refractivity contribution in [2.24, 2.45) is 5.73 Å². The molecule has 0 amide bonds. The summed E-state index contributed by atoms with van der Waals surface area (Å²) in [5, 5.41) is 1.20. The number of aromatic nitrogens is 1. The molecule has 1 unspecified atom stereocenters. The van der Waals surface area contributed by atoms with Crippen LogP contribution in [0.25, 0.3) is 0 Å². The van der Waals surface area contributed by atoms with Crippen LogP contribution in [0.1, 0.15) is 56.5 Å². The second kappa shape index (κ2) is 6.53. The normalized spacial score (nSPS) is 21.1. The van der Waals surface area contributed by atoms with E-state index in [1.165, 1.54) is 41.4 Å². The van der Waals surface area contributed by atoms with Gasteiger partial charge in [0, 0.05) is 24.0 Å². The van der Waals surface area contributed by atoms with Gasteiger partial charge in [0.05, 0.1) is 5.69 Å².